The summed E-state index contributed by atoms with van der Waals surface area (Å²) in [5.74, 6) is 5.41. The Morgan fingerprint density at radius 1 is 1.44 bits per heavy atom. The van der Waals surface area contributed by atoms with Crippen LogP contribution >= 0.6 is 0 Å². The Labute approximate surface area is 105 Å². The van der Waals surface area contributed by atoms with Crippen molar-refractivity contribution in [1.82, 2.24) is 9.97 Å². The molecule has 8 heteroatoms. The highest BCUT2D eigenvalue weighted by atomic mass is 16.6. The number of hydrogen-bond donors (Lipinski definition) is 3. The molecule has 1 heterocycles. The van der Waals surface area contributed by atoms with Crippen LogP contribution in [0.2, 0.25) is 0 Å². The van der Waals surface area contributed by atoms with E-state index in [1.807, 2.05) is 6.92 Å². The van der Waals surface area contributed by atoms with Gasteiger partial charge in [0.2, 0.25) is 11.6 Å². The molecule has 4 N–H and O–H groups in total. The monoisotopic (exact) mass is 254 g/mol. The second-order valence-electron chi connectivity index (χ2n) is 3.86. The SMILES string of the molecule is CCCC(CC)Nc1ncnc(NN)c1[N+](=O)[O-]. The maximum atomic E-state index is 11.0. The summed E-state index contributed by atoms with van der Waals surface area (Å²) in [5, 5.41) is 14.1. The summed E-state index contributed by atoms with van der Waals surface area (Å²) in [4.78, 5) is 18.1. The summed E-state index contributed by atoms with van der Waals surface area (Å²) in [6, 6.07) is 0.147. The molecule has 0 saturated carbocycles. The highest BCUT2D eigenvalue weighted by Gasteiger charge is 2.23. The number of hydrogen-bond acceptors (Lipinski definition) is 7. The van der Waals surface area contributed by atoms with Gasteiger partial charge in [-0.2, -0.15) is 0 Å². The lowest BCUT2D eigenvalue weighted by molar-refractivity contribution is -0.383. The minimum absolute atomic E-state index is 0.00357. The number of aromatic nitrogens is 2. The molecule has 0 spiro atoms. The summed E-state index contributed by atoms with van der Waals surface area (Å²) in [6.45, 7) is 4.08. The van der Waals surface area contributed by atoms with Gasteiger partial charge in [0.1, 0.15) is 6.33 Å². The van der Waals surface area contributed by atoms with Gasteiger partial charge in [0.25, 0.3) is 0 Å². The van der Waals surface area contributed by atoms with Gasteiger partial charge in [-0.15, -0.1) is 0 Å². The van der Waals surface area contributed by atoms with Crippen molar-refractivity contribution in [3.8, 4) is 0 Å². The lowest BCUT2D eigenvalue weighted by atomic mass is 10.1. The number of anilines is 2. The molecular formula is C10H18N6O2. The number of rotatable bonds is 7. The first-order chi connectivity index (χ1) is 8.63. The molecule has 1 rings (SSSR count). The van der Waals surface area contributed by atoms with Crippen molar-refractivity contribution in [3.05, 3.63) is 16.4 Å². The standard InChI is InChI=1S/C10H18N6O2/c1-3-5-7(4-2)14-9-8(16(17)18)10(15-11)13-6-12-9/h6-7H,3-5,11H2,1-2H3,(H2,12,13,14,15). The Morgan fingerprint density at radius 2 is 2.11 bits per heavy atom. The Kier molecular flexibility index (Phi) is 5.25. The highest BCUT2D eigenvalue weighted by Crippen LogP contribution is 2.29. The van der Waals surface area contributed by atoms with Gasteiger partial charge in [0, 0.05) is 6.04 Å². The van der Waals surface area contributed by atoms with E-state index in [-0.39, 0.29) is 23.4 Å². The first-order valence-electron chi connectivity index (χ1n) is 5.86. The summed E-state index contributed by atoms with van der Waals surface area (Å²) in [7, 11) is 0. The normalized spacial score (nSPS) is 11.9. The van der Waals surface area contributed by atoms with Crippen molar-refractivity contribution in [2.75, 3.05) is 10.7 Å². The minimum atomic E-state index is -0.545. The van der Waals surface area contributed by atoms with Gasteiger partial charge in [-0.25, -0.2) is 15.8 Å². The van der Waals surface area contributed by atoms with E-state index in [0.29, 0.717) is 0 Å². The molecule has 0 aliphatic heterocycles. The van der Waals surface area contributed by atoms with Crippen molar-refractivity contribution in [3.63, 3.8) is 0 Å². The summed E-state index contributed by atoms with van der Waals surface area (Å²) in [5.41, 5.74) is 1.98. The maximum Gasteiger partial charge on any atom is 0.354 e. The fourth-order valence-corrected chi connectivity index (χ4v) is 1.68. The number of hydrazine groups is 1. The lowest BCUT2D eigenvalue weighted by Gasteiger charge is -2.16. The molecule has 0 aliphatic carbocycles. The molecule has 1 atom stereocenters. The number of nitrogens with zero attached hydrogens (tertiary/aromatic N) is 3. The average Bonchev–Trinajstić information content (AvgIpc) is 2.37. The van der Waals surface area contributed by atoms with E-state index in [2.05, 4.69) is 27.6 Å². The Hall–Kier alpha value is -1.96. The molecule has 0 aromatic carbocycles. The van der Waals surface area contributed by atoms with Crippen LogP contribution in [0, 0.1) is 10.1 Å². The van der Waals surface area contributed by atoms with Crippen LogP contribution in [-0.4, -0.2) is 20.9 Å². The highest BCUT2D eigenvalue weighted by molar-refractivity contribution is 5.68. The fourth-order valence-electron chi connectivity index (χ4n) is 1.68. The van der Waals surface area contributed by atoms with Crippen LogP contribution in [0.3, 0.4) is 0 Å². The maximum absolute atomic E-state index is 11.0. The summed E-state index contributed by atoms with van der Waals surface area (Å²) >= 11 is 0. The molecule has 1 aromatic rings. The largest absolute Gasteiger partial charge is 0.361 e. The number of nitro groups is 1. The number of nitrogen functional groups attached to an aromatic ring is 1. The predicted molar refractivity (Wildman–Crippen MR) is 69.1 cm³/mol. The smallest absolute Gasteiger partial charge is 0.354 e. The first kappa shape index (κ1) is 14.1. The van der Waals surface area contributed by atoms with E-state index in [9.17, 15) is 10.1 Å². The van der Waals surface area contributed by atoms with Crippen LogP contribution in [0.25, 0.3) is 0 Å². The van der Waals surface area contributed by atoms with Crippen molar-refractivity contribution in [1.29, 1.82) is 0 Å². The van der Waals surface area contributed by atoms with E-state index in [1.165, 1.54) is 6.33 Å². The van der Waals surface area contributed by atoms with Crippen LogP contribution < -0.4 is 16.6 Å². The minimum Gasteiger partial charge on any atom is -0.361 e. The van der Waals surface area contributed by atoms with Crippen molar-refractivity contribution in [2.24, 2.45) is 5.84 Å². The molecule has 0 saturated heterocycles. The first-order valence-corrected chi connectivity index (χ1v) is 5.86. The Morgan fingerprint density at radius 3 is 2.61 bits per heavy atom. The van der Waals surface area contributed by atoms with Gasteiger partial charge in [0.05, 0.1) is 4.92 Å². The Bertz CT molecular complexity index is 411. The van der Waals surface area contributed by atoms with E-state index in [4.69, 9.17) is 5.84 Å². The third kappa shape index (κ3) is 3.27. The fraction of sp³-hybridized carbons (Fsp3) is 0.600. The average molecular weight is 254 g/mol. The van der Waals surface area contributed by atoms with Crippen molar-refractivity contribution < 1.29 is 4.92 Å². The molecule has 0 fully saturated rings. The van der Waals surface area contributed by atoms with Crippen molar-refractivity contribution in [2.45, 2.75) is 39.2 Å². The van der Waals surface area contributed by atoms with Crippen LogP contribution in [0.1, 0.15) is 33.1 Å². The molecule has 0 bridgehead atoms. The molecule has 1 unspecified atom stereocenters. The second-order valence-corrected chi connectivity index (χ2v) is 3.86. The van der Waals surface area contributed by atoms with Gasteiger partial charge < -0.3 is 10.7 Å². The van der Waals surface area contributed by atoms with Gasteiger partial charge in [-0.3, -0.25) is 10.1 Å². The van der Waals surface area contributed by atoms with E-state index in [0.717, 1.165) is 19.3 Å². The third-order valence-corrected chi connectivity index (χ3v) is 2.61. The van der Waals surface area contributed by atoms with Crippen LogP contribution in [-0.2, 0) is 0 Å². The zero-order valence-electron chi connectivity index (χ0n) is 10.5. The quantitative estimate of drug-likeness (QED) is 0.384. The molecule has 0 amide bonds. The molecule has 0 radical (unpaired) electrons. The third-order valence-electron chi connectivity index (χ3n) is 2.61. The van der Waals surface area contributed by atoms with Crippen LogP contribution in [0.15, 0.2) is 6.33 Å². The van der Waals surface area contributed by atoms with Crippen molar-refractivity contribution >= 4 is 17.3 Å². The van der Waals surface area contributed by atoms with Gasteiger partial charge in [0.15, 0.2) is 0 Å². The van der Waals surface area contributed by atoms with Crippen LogP contribution in [0.5, 0.6) is 0 Å². The van der Waals surface area contributed by atoms with E-state index >= 15 is 0 Å². The van der Waals surface area contributed by atoms with Gasteiger partial charge in [-0.1, -0.05) is 20.3 Å². The van der Waals surface area contributed by atoms with Gasteiger partial charge in [-0.05, 0) is 12.8 Å². The summed E-state index contributed by atoms with van der Waals surface area (Å²) in [6.07, 6.45) is 4.01. The predicted octanol–water partition coefficient (Wildman–Crippen LogP) is 1.66. The molecule has 100 valence electrons. The van der Waals surface area contributed by atoms with E-state index < -0.39 is 4.92 Å². The number of nitrogens with two attached hydrogens (primary N) is 1. The van der Waals surface area contributed by atoms with Crippen LogP contribution in [0.4, 0.5) is 17.3 Å². The topological polar surface area (TPSA) is 119 Å². The second kappa shape index (κ2) is 6.70. The summed E-state index contributed by atoms with van der Waals surface area (Å²) < 4.78 is 0. The molecular weight excluding hydrogens is 236 g/mol. The molecule has 1 aromatic heterocycles. The number of nitrogens with one attached hydrogen (secondary N) is 2. The lowest BCUT2D eigenvalue weighted by Crippen LogP contribution is -2.21. The zero-order chi connectivity index (χ0) is 13.5. The van der Waals surface area contributed by atoms with E-state index in [1.54, 1.807) is 0 Å². The molecule has 8 nitrogen and oxygen atoms in total. The molecule has 18 heavy (non-hydrogen) atoms. The van der Waals surface area contributed by atoms with Gasteiger partial charge >= 0.3 is 5.69 Å². The Balaban J connectivity index is 3.03. The zero-order valence-corrected chi connectivity index (χ0v) is 10.5. The molecule has 0 aliphatic rings.